The van der Waals surface area contributed by atoms with Crippen LogP contribution in [0.3, 0.4) is 0 Å². The minimum Gasteiger partial charge on any atom is -0.350 e. The normalized spacial score (nSPS) is 14.1. The summed E-state index contributed by atoms with van der Waals surface area (Å²) in [4.78, 5) is 24.7. The number of carbonyl (C=O) groups excluding carboxylic acids is 2. The maximum atomic E-state index is 12.1. The van der Waals surface area contributed by atoms with E-state index in [1.165, 1.54) is 22.5 Å². The molecule has 1 unspecified atom stereocenters. The number of fused-ring (bicyclic) bond motifs is 1. The standard InChI is InChI=1S/C17H19N3O2S/c1-11(20-17(22)15-3-2-6-23-15)16(21)19-8-12-4-5-13-9-18-10-14(13)7-12/h2-7,11,18H,8-10H2,1H3,(H,19,21)(H,20,22). The van der Waals surface area contributed by atoms with Crippen molar-refractivity contribution in [2.45, 2.75) is 32.6 Å². The highest BCUT2D eigenvalue weighted by molar-refractivity contribution is 7.12. The van der Waals surface area contributed by atoms with Crippen LogP contribution in [0.4, 0.5) is 0 Å². The lowest BCUT2D eigenvalue weighted by molar-refractivity contribution is -0.122. The quantitative estimate of drug-likeness (QED) is 0.783. The summed E-state index contributed by atoms with van der Waals surface area (Å²) in [6.07, 6.45) is 0. The average molecular weight is 329 g/mol. The van der Waals surface area contributed by atoms with E-state index in [-0.39, 0.29) is 11.8 Å². The van der Waals surface area contributed by atoms with E-state index in [0.29, 0.717) is 11.4 Å². The highest BCUT2D eigenvalue weighted by atomic mass is 32.1. The molecule has 0 fully saturated rings. The number of thiophene rings is 1. The Labute approximate surface area is 139 Å². The van der Waals surface area contributed by atoms with Crippen LogP contribution in [0.5, 0.6) is 0 Å². The van der Waals surface area contributed by atoms with Gasteiger partial charge in [0.15, 0.2) is 0 Å². The van der Waals surface area contributed by atoms with Crippen LogP contribution in [0.2, 0.25) is 0 Å². The fourth-order valence-electron chi connectivity index (χ4n) is 2.54. The van der Waals surface area contributed by atoms with Crippen LogP contribution in [0, 0.1) is 0 Å². The van der Waals surface area contributed by atoms with Crippen molar-refractivity contribution in [1.82, 2.24) is 16.0 Å². The number of nitrogens with one attached hydrogen (secondary N) is 3. The van der Waals surface area contributed by atoms with Crippen LogP contribution in [-0.2, 0) is 24.4 Å². The van der Waals surface area contributed by atoms with Crippen molar-refractivity contribution in [2.24, 2.45) is 0 Å². The predicted molar refractivity (Wildman–Crippen MR) is 90.1 cm³/mol. The summed E-state index contributed by atoms with van der Waals surface area (Å²) in [5.74, 6) is -0.403. The zero-order valence-corrected chi connectivity index (χ0v) is 13.7. The Bertz CT molecular complexity index is 713. The molecule has 23 heavy (non-hydrogen) atoms. The third kappa shape index (κ3) is 3.78. The van der Waals surface area contributed by atoms with Gasteiger partial charge in [0.05, 0.1) is 4.88 Å². The fourth-order valence-corrected chi connectivity index (χ4v) is 3.17. The van der Waals surface area contributed by atoms with Crippen LogP contribution >= 0.6 is 11.3 Å². The van der Waals surface area contributed by atoms with Gasteiger partial charge in [-0.25, -0.2) is 0 Å². The topological polar surface area (TPSA) is 70.2 Å². The summed E-state index contributed by atoms with van der Waals surface area (Å²) in [6.45, 7) is 3.94. The summed E-state index contributed by atoms with van der Waals surface area (Å²) >= 11 is 1.36. The van der Waals surface area contributed by atoms with Gasteiger partial charge in [0, 0.05) is 19.6 Å². The monoisotopic (exact) mass is 329 g/mol. The van der Waals surface area contributed by atoms with Crippen molar-refractivity contribution < 1.29 is 9.59 Å². The molecule has 0 spiro atoms. The van der Waals surface area contributed by atoms with Crippen LogP contribution in [0.15, 0.2) is 35.7 Å². The van der Waals surface area contributed by atoms with Crippen LogP contribution < -0.4 is 16.0 Å². The molecule has 1 aliphatic rings. The average Bonchev–Trinajstić information content (AvgIpc) is 3.22. The van der Waals surface area contributed by atoms with Crippen LogP contribution in [-0.4, -0.2) is 17.9 Å². The lowest BCUT2D eigenvalue weighted by atomic mass is 10.1. The van der Waals surface area contributed by atoms with Gasteiger partial charge in [-0.15, -0.1) is 11.3 Å². The van der Waals surface area contributed by atoms with Crippen molar-refractivity contribution >= 4 is 23.2 Å². The van der Waals surface area contributed by atoms with Crippen LogP contribution in [0.1, 0.15) is 33.3 Å². The summed E-state index contributed by atoms with van der Waals surface area (Å²) in [6, 6.07) is 9.22. The van der Waals surface area contributed by atoms with Gasteiger partial charge in [-0.1, -0.05) is 24.3 Å². The third-order valence-electron chi connectivity index (χ3n) is 3.85. The molecule has 1 aromatic carbocycles. The number of rotatable bonds is 5. The van der Waals surface area contributed by atoms with Gasteiger partial charge in [-0.05, 0) is 35.1 Å². The number of carbonyl (C=O) groups is 2. The molecule has 5 nitrogen and oxygen atoms in total. The molecule has 2 aromatic rings. The first kappa shape index (κ1) is 15.7. The molecule has 2 heterocycles. The first-order chi connectivity index (χ1) is 11.1. The summed E-state index contributed by atoms with van der Waals surface area (Å²) in [5.41, 5.74) is 3.67. The van der Waals surface area contributed by atoms with Gasteiger partial charge in [-0.3, -0.25) is 9.59 Å². The van der Waals surface area contributed by atoms with E-state index in [4.69, 9.17) is 0 Å². The van der Waals surface area contributed by atoms with E-state index < -0.39 is 6.04 Å². The Morgan fingerprint density at radius 1 is 1.26 bits per heavy atom. The zero-order valence-electron chi connectivity index (χ0n) is 12.9. The third-order valence-corrected chi connectivity index (χ3v) is 4.72. The van der Waals surface area contributed by atoms with Crippen LogP contribution in [0.25, 0.3) is 0 Å². The van der Waals surface area contributed by atoms with Gasteiger partial charge >= 0.3 is 0 Å². The van der Waals surface area contributed by atoms with E-state index in [1.807, 2.05) is 17.5 Å². The molecule has 1 aliphatic heterocycles. The molecule has 0 aliphatic carbocycles. The summed E-state index contributed by atoms with van der Waals surface area (Å²) < 4.78 is 0. The molecule has 1 atom stereocenters. The predicted octanol–water partition coefficient (Wildman–Crippen LogP) is 1.79. The number of hydrogen-bond acceptors (Lipinski definition) is 4. The van der Waals surface area contributed by atoms with E-state index >= 15 is 0 Å². The molecule has 3 rings (SSSR count). The van der Waals surface area contributed by atoms with E-state index in [1.54, 1.807) is 13.0 Å². The molecule has 2 amide bonds. The first-order valence-electron chi connectivity index (χ1n) is 7.57. The molecule has 0 bridgehead atoms. The molecular weight excluding hydrogens is 310 g/mol. The molecule has 120 valence electrons. The number of amides is 2. The van der Waals surface area contributed by atoms with E-state index in [2.05, 4.69) is 28.1 Å². The summed E-state index contributed by atoms with van der Waals surface area (Å²) in [7, 11) is 0. The van der Waals surface area contributed by atoms with E-state index in [9.17, 15) is 9.59 Å². The smallest absolute Gasteiger partial charge is 0.261 e. The molecule has 1 aromatic heterocycles. The number of benzene rings is 1. The molecule has 0 saturated carbocycles. The molecule has 0 saturated heterocycles. The van der Waals surface area contributed by atoms with Gasteiger partial charge < -0.3 is 16.0 Å². The maximum Gasteiger partial charge on any atom is 0.261 e. The minimum atomic E-state index is -0.569. The highest BCUT2D eigenvalue weighted by Crippen LogP contribution is 2.16. The second-order valence-corrected chi connectivity index (χ2v) is 6.54. The van der Waals surface area contributed by atoms with Crippen molar-refractivity contribution in [3.05, 3.63) is 57.3 Å². The summed E-state index contributed by atoms with van der Waals surface area (Å²) in [5, 5.41) is 10.7. The molecule has 3 N–H and O–H groups in total. The minimum absolute atomic E-state index is 0.187. The lowest BCUT2D eigenvalue weighted by Crippen LogP contribution is -2.44. The Morgan fingerprint density at radius 3 is 2.87 bits per heavy atom. The Balaban J connectivity index is 1.51. The van der Waals surface area contributed by atoms with Gasteiger partial charge in [-0.2, -0.15) is 0 Å². The Kier molecular flexibility index (Phi) is 4.73. The molecular formula is C17H19N3O2S. The van der Waals surface area contributed by atoms with Gasteiger partial charge in [0.2, 0.25) is 5.91 Å². The highest BCUT2D eigenvalue weighted by Gasteiger charge is 2.17. The van der Waals surface area contributed by atoms with E-state index in [0.717, 1.165) is 18.7 Å². The largest absolute Gasteiger partial charge is 0.350 e. The van der Waals surface area contributed by atoms with Gasteiger partial charge in [0.25, 0.3) is 5.91 Å². The maximum absolute atomic E-state index is 12.1. The second kappa shape index (κ2) is 6.93. The van der Waals surface area contributed by atoms with Crippen molar-refractivity contribution in [1.29, 1.82) is 0 Å². The Morgan fingerprint density at radius 2 is 2.09 bits per heavy atom. The molecule has 6 heteroatoms. The van der Waals surface area contributed by atoms with Crippen molar-refractivity contribution in [3.8, 4) is 0 Å². The second-order valence-electron chi connectivity index (χ2n) is 5.60. The first-order valence-corrected chi connectivity index (χ1v) is 8.45. The number of hydrogen-bond donors (Lipinski definition) is 3. The van der Waals surface area contributed by atoms with Crippen molar-refractivity contribution in [3.63, 3.8) is 0 Å². The SMILES string of the molecule is CC(NC(=O)c1cccs1)C(=O)NCc1ccc2c(c1)CNC2. The lowest BCUT2D eigenvalue weighted by Gasteiger charge is -2.14. The fraction of sp³-hybridized carbons (Fsp3) is 0.294. The Hall–Kier alpha value is -2.18. The van der Waals surface area contributed by atoms with Gasteiger partial charge in [0.1, 0.15) is 6.04 Å². The van der Waals surface area contributed by atoms with Crippen molar-refractivity contribution in [2.75, 3.05) is 0 Å². The zero-order chi connectivity index (χ0) is 16.2. The molecule has 0 radical (unpaired) electrons.